The van der Waals surface area contributed by atoms with Crippen molar-refractivity contribution < 1.29 is 13.7 Å². The molecule has 0 N–H and O–H groups in total. The van der Waals surface area contributed by atoms with Gasteiger partial charge in [-0.05, 0) is 57.7 Å². The summed E-state index contributed by atoms with van der Waals surface area (Å²) in [5, 5.41) is 0. The van der Waals surface area contributed by atoms with Crippen molar-refractivity contribution in [3.8, 4) is 0 Å². The highest BCUT2D eigenvalue weighted by atomic mass is 19.1. The normalized spacial score (nSPS) is 31.5. The summed E-state index contributed by atoms with van der Waals surface area (Å²) >= 11 is 0. The highest BCUT2D eigenvalue weighted by Crippen LogP contribution is 2.58. The number of halogens is 1. The van der Waals surface area contributed by atoms with E-state index in [1.807, 2.05) is 12.1 Å². The zero-order valence-electron chi connectivity index (χ0n) is 11.9. The lowest BCUT2D eigenvalue weighted by atomic mass is 9.79. The molecule has 1 heterocycles. The number of hydrogen-bond donors (Lipinski definition) is 0. The summed E-state index contributed by atoms with van der Waals surface area (Å²) in [6.45, 7) is 8.29. The zero-order valence-corrected chi connectivity index (χ0v) is 11.9. The third-order valence-electron chi connectivity index (χ3n) is 4.76. The van der Waals surface area contributed by atoms with E-state index in [0.717, 1.165) is 6.42 Å². The van der Waals surface area contributed by atoms with Crippen LogP contribution < -0.4 is 0 Å². The molecule has 0 unspecified atom stereocenters. The fourth-order valence-electron chi connectivity index (χ4n) is 2.67. The first-order valence-electron chi connectivity index (χ1n) is 6.91. The Balaban J connectivity index is 1.70. The van der Waals surface area contributed by atoms with E-state index < -0.39 is 0 Å². The fourth-order valence-corrected chi connectivity index (χ4v) is 2.67. The lowest BCUT2D eigenvalue weighted by Crippen LogP contribution is -2.41. The van der Waals surface area contributed by atoms with Crippen LogP contribution in [-0.4, -0.2) is 18.3 Å². The summed E-state index contributed by atoms with van der Waals surface area (Å²) in [6.07, 6.45) is 1.06. The Morgan fingerprint density at radius 3 is 2.11 bits per heavy atom. The second kappa shape index (κ2) is 4.06. The molecule has 2 nitrogen and oxygen atoms in total. The quantitative estimate of drug-likeness (QED) is 0.755. The van der Waals surface area contributed by atoms with Crippen molar-refractivity contribution in [3.05, 3.63) is 35.6 Å². The maximum atomic E-state index is 12.9. The molecule has 0 bridgehead atoms. The molecule has 0 spiro atoms. The summed E-state index contributed by atoms with van der Waals surface area (Å²) in [7, 11) is -0.139. The monoisotopic (exact) mass is 262 g/mol. The molecule has 4 heteroatoms. The summed E-state index contributed by atoms with van der Waals surface area (Å²) in [5.74, 6) is 0.651. The molecule has 0 radical (unpaired) electrons. The van der Waals surface area contributed by atoms with Crippen LogP contribution in [0.4, 0.5) is 4.39 Å². The van der Waals surface area contributed by atoms with Gasteiger partial charge in [-0.25, -0.2) is 4.39 Å². The minimum absolute atomic E-state index is 0.139. The van der Waals surface area contributed by atoms with E-state index in [1.165, 1.54) is 17.7 Å². The maximum absolute atomic E-state index is 12.9. The molecule has 2 fully saturated rings. The van der Waals surface area contributed by atoms with Crippen molar-refractivity contribution in [2.75, 3.05) is 0 Å². The molecule has 19 heavy (non-hydrogen) atoms. The van der Waals surface area contributed by atoms with Crippen LogP contribution in [0.2, 0.25) is 5.82 Å². The van der Waals surface area contributed by atoms with Gasteiger partial charge in [-0.3, -0.25) is 0 Å². The second-order valence-corrected chi connectivity index (χ2v) is 6.68. The number of benzene rings is 1. The van der Waals surface area contributed by atoms with E-state index in [2.05, 4.69) is 27.7 Å². The fraction of sp³-hybridized carbons (Fsp3) is 0.600. The van der Waals surface area contributed by atoms with Gasteiger partial charge < -0.3 is 9.31 Å². The third-order valence-corrected chi connectivity index (χ3v) is 4.76. The van der Waals surface area contributed by atoms with E-state index in [9.17, 15) is 4.39 Å². The Morgan fingerprint density at radius 2 is 1.58 bits per heavy atom. The smallest absolute Gasteiger partial charge is 0.403 e. The molecule has 1 saturated heterocycles. The van der Waals surface area contributed by atoms with Gasteiger partial charge in [-0.1, -0.05) is 12.1 Å². The van der Waals surface area contributed by atoms with Crippen molar-refractivity contribution in [2.45, 2.75) is 57.1 Å². The van der Waals surface area contributed by atoms with E-state index in [0.29, 0.717) is 11.7 Å². The Bertz CT molecular complexity index is 467. The topological polar surface area (TPSA) is 18.5 Å². The van der Waals surface area contributed by atoms with Gasteiger partial charge >= 0.3 is 7.12 Å². The highest BCUT2D eigenvalue weighted by molar-refractivity contribution is 6.49. The molecular formula is C15H20BFO2. The van der Waals surface area contributed by atoms with Crippen molar-refractivity contribution in [1.82, 2.24) is 0 Å². The van der Waals surface area contributed by atoms with Gasteiger partial charge in [0.05, 0.1) is 11.2 Å². The molecule has 102 valence electrons. The van der Waals surface area contributed by atoms with Crippen LogP contribution in [0.15, 0.2) is 24.3 Å². The average Bonchev–Trinajstić information content (AvgIpc) is 3.04. The average molecular weight is 262 g/mol. The molecule has 1 aliphatic heterocycles. The molecule has 3 rings (SSSR count). The Hall–Kier alpha value is -0.865. The lowest BCUT2D eigenvalue weighted by molar-refractivity contribution is 0.00578. The Kier molecular flexibility index (Phi) is 2.81. The van der Waals surface area contributed by atoms with E-state index >= 15 is 0 Å². The minimum Gasteiger partial charge on any atom is -0.403 e. The van der Waals surface area contributed by atoms with E-state index in [4.69, 9.17) is 9.31 Å². The molecule has 1 saturated carbocycles. The molecule has 0 amide bonds. The van der Waals surface area contributed by atoms with Gasteiger partial charge in [0.25, 0.3) is 0 Å². The lowest BCUT2D eigenvalue weighted by Gasteiger charge is -2.32. The van der Waals surface area contributed by atoms with Crippen LogP contribution in [0.3, 0.4) is 0 Å². The van der Waals surface area contributed by atoms with Crippen LogP contribution in [0.5, 0.6) is 0 Å². The van der Waals surface area contributed by atoms with Gasteiger partial charge in [0.1, 0.15) is 5.82 Å². The zero-order chi connectivity index (χ0) is 13.8. The van der Waals surface area contributed by atoms with Crippen molar-refractivity contribution >= 4 is 7.12 Å². The minimum atomic E-state index is -0.270. The first-order valence-corrected chi connectivity index (χ1v) is 6.91. The van der Waals surface area contributed by atoms with Gasteiger partial charge in [0, 0.05) is 5.82 Å². The molecule has 0 aromatic heterocycles. The maximum Gasteiger partial charge on any atom is 0.461 e. The predicted molar refractivity (Wildman–Crippen MR) is 73.6 cm³/mol. The second-order valence-electron chi connectivity index (χ2n) is 6.68. The Labute approximate surface area is 114 Å². The summed E-state index contributed by atoms with van der Waals surface area (Å²) < 4.78 is 25.1. The van der Waals surface area contributed by atoms with Crippen molar-refractivity contribution in [1.29, 1.82) is 0 Å². The summed E-state index contributed by atoms with van der Waals surface area (Å²) in [4.78, 5) is 0. The largest absolute Gasteiger partial charge is 0.461 e. The number of hydrogen-bond acceptors (Lipinski definition) is 2. The van der Waals surface area contributed by atoms with E-state index in [-0.39, 0.29) is 24.1 Å². The number of rotatable bonds is 2. The third kappa shape index (κ3) is 2.21. The first kappa shape index (κ1) is 13.1. The first-order chi connectivity index (χ1) is 8.80. The van der Waals surface area contributed by atoms with Gasteiger partial charge in [0.15, 0.2) is 0 Å². The highest BCUT2D eigenvalue weighted by Gasteiger charge is 2.59. The summed E-state index contributed by atoms with van der Waals surface area (Å²) in [5.41, 5.74) is 0.641. The standard InChI is InChI=1S/C15H20BFO2/c1-14(2)15(3,4)19-16(18-14)13-9-12(13)10-5-7-11(17)8-6-10/h5-8,12-13H,9H2,1-4H3/t12-,13-/m1/s1. The van der Waals surface area contributed by atoms with E-state index in [1.54, 1.807) is 0 Å². The van der Waals surface area contributed by atoms with Crippen LogP contribution >= 0.6 is 0 Å². The van der Waals surface area contributed by atoms with Crippen LogP contribution in [0.25, 0.3) is 0 Å². The van der Waals surface area contributed by atoms with Crippen LogP contribution in [0.1, 0.15) is 45.6 Å². The van der Waals surface area contributed by atoms with Gasteiger partial charge in [-0.15, -0.1) is 0 Å². The Morgan fingerprint density at radius 1 is 1.05 bits per heavy atom. The van der Waals surface area contributed by atoms with Crippen LogP contribution in [-0.2, 0) is 9.31 Å². The molecule has 2 aliphatic rings. The van der Waals surface area contributed by atoms with Gasteiger partial charge in [-0.2, -0.15) is 0 Å². The van der Waals surface area contributed by atoms with Gasteiger partial charge in [0.2, 0.25) is 0 Å². The SMILES string of the molecule is CC1(C)OB([C@@H]2C[C@@H]2c2ccc(F)cc2)OC1(C)C. The van der Waals surface area contributed by atoms with Crippen molar-refractivity contribution in [3.63, 3.8) is 0 Å². The predicted octanol–water partition coefficient (Wildman–Crippen LogP) is 3.78. The molecule has 1 aromatic rings. The van der Waals surface area contributed by atoms with Crippen LogP contribution in [0, 0.1) is 5.82 Å². The summed E-state index contributed by atoms with van der Waals surface area (Å²) in [6, 6.07) is 6.78. The molecular weight excluding hydrogens is 242 g/mol. The molecule has 2 atom stereocenters. The molecule has 1 aromatic carbocycles. The van der Waals surface area contributed by atoms with Crippen molar-refractivity contribution in [2.24, 2.45) is 0 Å². The molecule has 1 aliphatic carbocycles.